The molecule has 174 valence electrons. The first-order valence-corrected chi connectivity index (χ1v) is 11.6. The van der Waals surface area contributed by atoms with Crippen LogP contribution in [0, 0.1) is 6.92 Å². The maximum absolute atomic E-state index is 12.0. The summed E-state index contributed by atoms with van der Waals surface area (Å²) in [6.07, 6.45) is 1.71. The van der Waals surface area contributed by atoms with Crippen molar-refractivity contribution < 1.29 is 14.6 Å². The maximum atomic E-state index is 12.0. The number of carboxylic acid groups (broad SMARTS) is 1. The van der Waals surface area contributed by atoms with Gasteiger partial charge in [0.15, 0.2) is 0 Å². The molecule has 1 fully saturated rings. The number of piperazine rings is 1. The maximum Gasteiger partial charge on any atom is 0.337 e. The van der Waals surface area contributed by atoms with Crippen LogP contribution in [-0.2, 0) is 6.54 Å². The number of methoxy groups -OCH3 is 1. The quantitative estimate of drug-likeness (QED) is 0.535. The smallest absolute Gasteiger partial charge is 0.337 e. The van der Waals surface area contributed by atoms with Crippen LogP contribution in [0.25, 0.3) is 22.2 Å². The highest BCUT2D eigenvalue weighted by Crippen LogP contribution is 2.44. The van der Waals surface area contributed by atoms with E-state index in [-0.39, 0.29) is 5.56 Å². The first kappa shape index (κ1) is 23.7. The summed E-state index contributed by atoms with van der Waals surface area (Å²) in [6, 6.07) is 4.97. The number of ether oxygens (including phenoxy) is 1. The van der Waals surface area contributed by atoms with E-state index in [0.717, 1.165) is 44.0 Å². The van der Waals surface area contributed by atoms with Gasteiger partial charge in [-0.15, -0.1) is 0 Å². The highest BCUT2D eigenvalue weighted by molar-refractivity contribution is 6.41. The van der Waals surface area contributed by atoms with Crippen molar-refractivity contribution in [2.45, 2.75) is 20.4 Å². The van der Waals surface area contributed by atoms with Crippen molar-refractivity contribution in [3.63, 3.8) is 0 Å². The van der Waals surface area contributed by atoms with Crippen LogP contribution in [0.15, 0.2) is 24.4 Å². The molecule has 3 aromatic rings. The molecule has 0 amide bonds. The fourth-order valence-corrected chi connectivity index (χ4v) is 4.83. The third-order valence-electron chi connectivity index (χ3n) is 6.12. The molecule has 0 radical (unpaired) electrons. The van der Waals surface area contributed by atoms with Crippen molar-refractivity contribution in [1.29, 1.82) is 0 Å². The normalized spacial score (nSPS) is 15.2. The largest absolute Gasteiger partial charge is 0.495 e. The van der Waals surface area contributed by atoms with Crippen LogP contribution in [0.3, 0.4) is 0 Å². The van der Waals surface area contributed by atoms with Crippen molar-refractivity contribution in [1.82, 2.24) is 19.8 Å². The van der Waals surface area contributed by atoms with Crippen LogP contribution in [0.2, 0.25) is 10.0 Å². The predicted molar refractivity (Wildman–Crippen MR) is 131 cm³/mol. The molecule has 1 aliphatic rings. The number of rotatable bonds is 6. The molecule has 0 atom stereocenters. The van der Waals surface area contributed by atoms with Gasteiger partial charge in [-0.25, -0.2) is 9.78 Å². The molecule has 9 heteroatoms. The Kier molecular flexibility index (Phi) is 7.05. The monoisotopic (exact) mass is 488 g/mol. The zero-order valence-corrected chi connectivity index (χ0v) is 20.4. The number of aromatic carboxylic acids is 1. The van der Waals surface area contributed by atoms with Gasteiger partial charge in [0.05, 0.1) is 40.1 Å². The summed E-state index contributed by atoms with van der Waals surface area (Å²) in [6.45, 7) is 9.58. The predicted octanol–water partition coefficient (Wildman–Crippen LogP) is 4.76. The first-order chi connectivity index (χ1) is 15.8. The number of aryl methyl sites for hydroxylation is 1. The molecule has 33 heavy (non-hydrogen) atoms. The molecule has 0 spiro atoms. The van der Waals surface area contributed by atoms with E-state index in [0.29, 0.717) is 44.5 Å². The van der Waals surface area contributed by atoms with E-state index in [1.165, 1.54) is 13.2 Å². The zero-order valence-electron chi connectivity index (χ0n) is 18.9. The summed E-state index contributed by atoms with van der Waals surface area (Å²) in [5.41, 5.74) is 3.52. The standard InChI is InChI=1S/C24H26Cl2N4O3/c1-4-29-7-9-30(10-8-29)13-15-12-27-22-16(5-6-17(24(31)32)23(22)28-15)19-20(25)14(2)11-18(33-3)21(19)26/h5-6,11-12H,4,7-10,13H2,1-3H3,(H,31,32). The number of aromatic nitrogens is 2. The van der Waals surface area contributed by atoms with E-state index in [2.05, 4.69) is 21.7 Å². The summed E-state index contributed by atoms with van der Waals surface area (Å²) in [4.78, 5) is 26.0. The van der Waals surface area contributed by atoms with Gasteiger partial charge >= 0.3 is 5.97 Å². The second kappa shape index (κ2) is 9.81. The first-order valence-electron chi connectivity index (χ1n) is 10.8. The van der Waals surface area contributed by atoms with Crippen molar-refractivity contribution in [3.8, 4) is 16.9 Å². The molecule has 2 aromatic carbocycles. The molecule has 1 N–H and O–H groups in total. The number of benzene rings is 2. The lowest BCUT2D eigenvalue weighted by molar-refractivity contribution is 0.0699. The fraction of sp³-hybridized carbons (Fsp3) is 0.375. The Morgan fingerprint density at radius 3 is 2.45 bits per heavy atom. The van der Waals surface area contributed by atoms with Crippen LogP contribution in [0.5, 0.6) is 5.75 Å². The van der Waals surface area contributed by atoms with Crippen LogP contribution >= 0.6 is 23.2 Å². The van der Waals surface area contributed by atoms with Crippen LogP contribution in [-0.4, -0.2) is 70.7 Å². The van der Waals surface area contributed by atoms with E-state index in [1.54, 1.807) is 18.3 Å². The van der Waals surface area contributed by atoms with Gasteiger partial charge in [-0.3, -0.25) is 9.88 Å². The van der Waals surface area contributed by atoms with Gasteiger partial charge in [-0.2, -0.15) is 0 Å². The Labute approximate surface area is 202 Å². The fourth-order valence-electron chi connectivity index (χ4n) is 4.20. The Morgan fingerprint density at radius 1 is 1.12 bits per heavy atom. The number of likely N-dealkylation sites (N-methyl/N-ethyl adjacent to an activating group) is 1. The Bertz CT molecular complexity index is 1210. The number of fused-ring (bicyclic) bond motifs is 1. The SMILES string of the molecule is CCN1CCN(Cc2cnc3c(-c4c(Cl)c(C)cc(OC)c4Cl)ccc(C(=O)O)c3n2)CC1. The average molecular weight is 489 g/mol. The summed E-state index contributed by atoms with van der Waals surface area (Å²) in [7, 11) is 1.54. The van der Waals surface area contributed by atoms with Gasteiger partial charge in [0.1, 0.15) is 11.3 Å². The van der Waals surface area contributed by atoms with Gasteiger partial charge in [-0.1, -0.05) is 36.2 Å². The number of hydrogen-bond acceptors (Lipinski definition) is 6. The molecule has 0 saturated carbocycles. The number of carboxylic acids is 1. The van der Waals surface area contributed by atoms with Crippen molar-refractivity contribution in [2.75, 3.05) is 39.8 Å². The van der Waals surface area contributed by atoms with Gasteiger partial charge in [0.25, 0.3) is 0 Å². The Morgan fingerprint density at radius 2 is 1.82 bits per heavy atom. The summed E-state index contributed by atoms with van der Waals surface area (Å²) < 4.78 is 5.41. The molecular formula is C24H26Cl2N4O3. The average Bonchev–Trinajstić information content (AvgIpc) is 2.81. The molecule has 7 nitrogen and oxygen atoms in total. The lowest BCUT2D eigenvalue weighted by Gasteiger charge is -2.33. The number of hydrogen-bond donors (Lipinski definition) is 1. The van der Waals surface area contributed by atoms with E-state index >= 15 is 0 Å². The molecule has 2 heterocycles. The molecule has 1 aromatic heterocycles. The van der Waals surface area contributed by atoms with Crippen molar-refractivity contribution in [2.24, 2.45) is 0 Å². The van der Waals surface area contributed by atoms with Crippen molar-refractivity contribution >= 4 is 40.2 Å². The highest BCUT2D eigenvalue weighted by Gasteiger charge is 2.23. The van der Waals surface area contributed by atoms with Gasteiger partial charge in [0, 0.05) is 43.9 Å². The Hall–Kier alpha value is -2.45. The Balaban J connectivity index is 1.81. The highest BCUT2D eigenvalue weighted by atomic mass is 35.5. The molecule has 0 aliphatic carbocycles. The molecule has 0 bridgehead atoms. The minimum atomic E-state index is -1.06. The second-order valence-corrected chi connectivity index (χ2v) is 8.89. The zero-order chi connectivity index (χ0) is 23.7. The van der Waals surface area contributed by atoms with E-state index in [4.69, 9.17) is 32.9 Å². The summed E-state index contributed by atoms with van der Waals surface area (Å²) in [5.74, 6) is -0.576. The lowest BCUT2D eigenvalue weighted by Crippen LogP contribution is -2.45. The van der Waals surface area contributed by atoms with Crippen LogP contribution in [0.4, 0.5) is 0 Å². The summed E-state index contributed by atoms with van der Waals surface area (Å²) >= 11 is 13.3. The third-order valence-corrected chi connectivity index (χ3v) is 6.98. The molecule has 0 unspecified atom stereocenters. The lowest BCUT2D eigenvalue weighted by atomic mass is 9.98. The number of nitrogens with zero attached hydrogens (tertiary/aromatic N) is 4. The van der Waals surface area contributed by atoms with Gasteiger partial charge < -0.3 is 14.7 Å². The molecular weight excluding hydrogens is 463 g/mol. The van der Waals surface area contributed by atoms with E-state index < -0.39 is 5.97 Å². The topological polar surface area (TPSA) is 78.8 Å². The van der Waals surface area contributed by atoms with Gasteiger partial charge in [0.2, 0.25) is 0 Å². The number of carbonyl (C=O) groups is 1. The van der Waals surface area contributed by atoms with E-state index in [1.807, 2.05) is 6.92 Å². The minimum absolute atomic E-state index is 0.0887. The number of halogens is 2. The minimum Gasteiger partial charge on any atom is -0.495 e. The van der Waals surface area contributed by atoms with E-state index in [9.17, 15) is 9.90 Å². The van der Waals surface area contributed by atoms with Crippen molar-refractivity contribution in [3.05, 3.63) is 51.3 Å². The van der Waals surface area contributed by atoms with Crippen LogP contribution in [0.1, 0.15) is 28.5 Å². The molecule has 1 saturated heterocycles. The summed E-state index contributed by atoms with van der Waals surface area (Å²) in [5, 5.41) is 10.6. The van der Waals surface area contributed by atoms with Crippen LogP contribution < -0.4 is 4.74 Å². The third kappa shape index (κ3) is 4.64. The second-order valence-electron chi connectivity index (χ2n) is 8.13. The van der Waals surface area contributed by atoms with Gasteiger partial charge in [-0.05, 0) is 31.2 Å². The molecule has 4 rings (SSSR count). The molecule has 1 aliphatic heterocycles.